The van der Waals surface area contributed by atoms with Crippen LogP contribution in [0, 0.1) is 6.92 Å². The molecule has 108 valence electrons. The van der Waals surface area contributed by atoms with Crippen LogP contribution >= 0.6 is 11.6 Å². The summed E-state index contributed by atoms with van der Waals surface area (Å²) in [6, 6.07) is 14.7. The second kappa shape index (κ2) is 7.45. The Bertz CT molecular complexity index is 639. The summed E-state index contributed by atoms with van der Waals surface area (Å²) in [6.45, 7) is 1.89. The van der Waals surface area contributed by atoms with Gasteiger partial charge in [-0.05, 0) is 25.1 Å². The molecule has 0 aromatic heterocycles. The number of amides is 1. The molecule has 0 saturated heterocycles. The Kier molecular flexibility index (Phi) is 5.35. The first-order chi connectivity index (χ1) is 10.1. The molecule has 4 nitrogen and oxygen atoms in total. The summed E-state index contributed by atoms with van der Waals surface area (Å²) < 4.78 is 5.34. The number of nitrogens with zero attached hydrogens (tertiary/aromatic N) is 1. The number of hydrogen-bond acceptors (Lipinski definition) is 3. The van der Waals surface area contributed by atoms with Gasteiger partial charge in [0.2, 0.25) is 0 Å². The third-order valence-corrected chi connectivity index (χ3v) is 3.03. The predicted octanol–water partition coefficient (Wildman–Crippen LogP) is 3.18. The third kappa shape index (κ3) is 4.93. The van der Waals surface area contributed by atoms with E-state index in [1.54, 1.807) is 12.1 Å². The Hall–Kier alpha value is -2.33. The van der Waals surface area contributed by atoms with E-state index in [2.05, 4.69) is 10.5 Å². The van der Waals surface area contributed by atoms with Crippen LogP contribution < -0.4 is 10.2 Å². The van der Waals surface area contributed by atoms with E-state index in [-0.39, 0.29) is 12.5 Å². The molecular formula is C16H15ClN2O2. The second-order valence-corrected chi connectivity index (χ2v) is 4.82. The van der Waals surface area contributed by atoms with Crippen LogP contribution in [-0.4, -0.2) is 18.7 Å². The zero-order valence-electron chi connectivity index (χ0n) is 11.5. The smallest absolute Gasteiger partial charge is 0.277 e. The van der Waals surface area contributed by atoms with Gasteiger partial charge in [0, 0.05) is 10.6 Å². The minimum Gasteiger partial charge on any atom is -0.484 e. The number of aryl methyl sites for hydroxylation is 1. The highest BCUT2D eigenvalue weighted by atomic mass is 35.5. The fourth-order valence-electron chi connectivity index (χ4n) is 1.57. The molecule has 0 aliphatic rings. The summed E-state index contributed by atoms with van der Waals surface area (Å²) in [6.07, 6.45) is 1.49. The van der Waals surface area contributed by atoms with E-state index in [1.807, 2.05) is 43.3 Å². The number of carbonyl (C=O) groups excluding carboxylic acids is 1. The maximum atomic E-state index is 11.6. The van der Waals surface area contributed by atoms with Crippen molar-refractivity contribution in [1.29, 1.82) is 0 Å². The van der Waals surface area contributed by atoms with Gasteiger partial charge in [-0.2, -0.15) is 5.10 Å². The van der Waals surface area contributed by atoms with Crippen LogP contribution in [0.3, 0.4) is 0 Å². The van der Waals surface area contributed by atoms with Gasteiger partial charge in [-0.3, -0.25) is 4.79 Å². The van der Waals surface area contributed by atoms with Gasteiger partial charge in [-0.15, -0.1) is 0 Å². The summed E-state index contributed by atoms with van der Waals surface area (Å²) in [5.41, 5.74) is 4.26. The molecule has 0 aliphatic heterocycles. The number of hydrazone groups is 1. The van der Waals surface area contributed by atoms with Gasteiger partial charge in [0.1, 0.15) is 5.75 Å². The van der Waals surface area contributed by atoms with Crippen molar-refractivity contribution < 1.29 is 9.53 Å². The molecule has 0 radical (unpaired) electrons. The number of ether oxygens (including phenoxy) is 1. The lowest BCUT2D eigenvalue weighted by Crippen LogP contribution is -2.24. The third-order valence-electron chi connectivity index (χ3n) is 2.69. The van der Waals surface area contributed by atoms with Crippen LogP contribution in [0.15, 0.2) is 53.6 Å². The highest BCUT2D eigenvalue weighted by molar-refractivity contribution is 6.33. The van der Waals surface area contributed by atoms with E-state index in [0.29, 0.717) is 10.8 Å². The van der Waals surface area contributed by atoms with E-state index in [4.69, 9.17) is 16.3 Å². The zero-order chi connectivity index (χ0) is 15.1. The number of hydrogen-bond donors (Lipinski definition) is 1. The topological polar surface area (TPSA) is 50.7 Å². The average Bonchev–Trinajstić information content (AvgIpc) is 2.49. The van der Waals surface area contributed by atoms with E-state index in [1.165, 1.54) is 6.21 Å². The van der Waals surface area contributed by atoms with Crippen molar-refractivity contribution in [3.8, 4) is 5.75 Å². The number of halogens is 1. The Morgan fingerprint density at radius 1 is 1.24 bits per heavy atom. The van der Waals surface area contributed by atoms with Crippen LogP contribution in [0.5, 0.6) is 5.75 Å². The van der Waals surface area contributed by atoms with E-state index < -0.39 is 0 Å². The lowest BCUT2D eigenvalue weighted by molar-refractivity contribution is -0.123. The Morgan fingerprint density at radius 2 is 1.95 bits per heavy atom. The summed E-state index contributed by atoms with van der Waals surface area (Å²) in [5, 5.41) is 4.42. The van der Waals surface area contributed by atoms with E-state index in [9.17, 15) is 4.79 Å². The van der Waals surface area contributed by atoms with Crippen LogP contribution in [-0.2, 0) is 4.79 Å². The Morgan fingerprint density at radius 3 is 2.67 bits per heavy atom. The molecule has 2 aromatic carbocycles. The molecule has 0 saturated carbocycles. The normalized spacial score (nSPS) is 10.6. The lowest BCUT2D eigenvalue weighted by atomic mass is 10.2. The molecule has 0 bridgehead atoms. The number of carbonyl (C=O) groups is 1. The Balaban J connectivity index is 1.80. The zero-order valence-corrected chi connectivity index (χ0v) is 12.3. The molecule has 2 aromatic rings. The number of benzene rings is 2. The first kappa shape index (κ1) is 15.1. The molecular weight excluding hydrogens is 288 g/mol. The van der Waals surface area contributed by atoms with E-state index >= 15 is 0 Å². The van der Waals surface area contributed by atoms with Gasteiger partial charge < -0.3 is 4.74 Å². The molecule has 0 fully saturated rings. The monoisotopic (exact) mass is 302 g/mol. The predicted molar refractivity (Wildman–Crippen MR) is 83.9 cm³/mol. The molecule has 0 unspecified atom stereocenters. The largest absolute Gasteiger partial charge is 0.484 e. The van der Waals surface area contributed by atoms with Crippen molar-refractivity contribution in [3.05, 3.63) is 64.7 Å². The maximum absolute atomic E-state index is 11.6. The molecule has 5 heteroatoms. The fraction of sp³-hybridized carbons (Fsp3) is 0.125. The highest BCUT2D eigenvalue weighted by Crippen LogP contribution is 2.12. The molecule has 0 atom stereocenters. The van der Waals surface area contributed by atoms with Crippen LogP contribution in [0.2, 0.25) is 5.02 Å². The second-order valence-electron chi connectivity index (χ2n) is 4.42. The quantitative estimate of drug-likeness (QED) is 0.681. The van der Waals surface area contributed by atoms with Crippen LogP contribution in [0.1, 0.15) is 11.1 Å². The Labute approximate surface area is 128 Å². The summed E-state index contributed by atoms with van der Waals surface area (Å²) >= 11 is 5.96. The molecule has 0 aliphatic carbocycles. The maximum Gasteiger partial charge on any atom is 0.277 e. The van der Waals surface area contributed by atoms with Gasteiger partial charge in [0.05, 0.1) is 6.21 Å². The minimum absolute atomic E-state index is 0.0943. The SMILES string of the molecule is Cc1ccc(OCC(=O)NN=Cc2ccccc2Cl)cc1. The highest BCUT2D eigenvalue weighted by Gasteiger charge is 2.01. The van der Waals surface area contributed by atoms with Crippen LogP contribution in [0.4, 0.5) is 0 Å². The van der Waals surface area contributed by atoms with Crippen molar-refractivity contribution in [2.24, 2.45) is 5.10 Å². The summed E-state index contributed by atoms with van der Waals surface area (Å²) in [7, 11) is 0. The van der Waals surface area contributed by atoms with Gasteiger partial charge >= 0.3 is 0 Å². The fourth-order valence-corrected chi connectivity index (χ4v) is 1.75. The number of nitrogens with one attached hydrogen (secondary N) is 1. The van der Waals surface area contributed by atoms with Crippen molar-refractivity contribution in [1.82, 2.24) is 5.43 Å². The van der Waals surface area contributed by atoms with Gasteiger partial charge in [-0.1, -0.05) is 47.5 Å². The molecule has 1 amide bonds. The van der Waals surface area contributed by atoms with Crippen molar-refractivity contribution in [2.45, 2.75) is 6.92 Å². The molecule has 0 heterocycles. The number of rotatable bonds is 5. The minimum atomic E-state index is -0.334. The van der Waals surface area contributed by atoms with Gasteiger partial charge in [-0.25, -0.2) is 5.43 Å². The van der Waals surface area contributed by atoms with Gasteiger partial charge in [0.15, 0.2) is 6.61 Å². The lowest BCUT2D eigenvalue weighted by Gasteiger charge is -2.05. The first-order valence-electron chi connectivity index (χ1n) is 6.41. The summed E-state index contributed by atoms with van der Waals surface area (Å²) in [5.74, 6) is 0.310. The van der Waals surface area contributed by atoms with Crippen molar-refractivity contribution in [3.63, 3.8) is 0 Å². The first-order valence-corrected chi connectivity index (χ1v) is 6.79. The van der Waals surface area contributed by atoms with Crippen molar-refractivity contribution >= 4 is 23.7 Å². The average molecular weight is 303 g/mol. The van der Waals surface area contributed by atoms with Gasteiger partial charge in [0.25, 0.3) is 5.91 Å². The standard InChI is InChI=1S/C16H15ClN2O2/c1-12-6-8-14(9-7-12)21-11-16(20)19-18-10-13-4-2-3-5-15(13)17/h2-10H,11H2,1H3,(H,19,20). The molecule has 2 rings (SSSR count). The van der Waals surface area contributed by atoms with Crippen molar-refractivity contribution in [2.75, 3.05) is 6.61 Å². The van der Waals surface area contributed by atoms with E-state index in [0.717, 1.165) is 11.1 Å². The molecule has 21 heavy (non-hydrogen) atoms. The van der Waals surface area contributed by atoms with Crippen LogP contribution in [0.25, 0.3) is 0 Å². The molecule has 0 spiro atoms. The summed E-state index contributed by atoms with van der Waals surface area (Å²) in [4.78, 5) is 11.6. The molecule has 1 N–H and O–H groups in total.